The van der Waals surface area contributed by atoms with Crippen molar-refractivity contribution in [1.29, 1.82) is 0 Å². The molecule has 1 N–H and O–H groups in total. The highest BCUT2D eigenvalue weighted by Gasteiger charge is 2.34. The fourth-order valence-electron chi connectivity index (χ4n) is 4.59. The van der Waals surface area contributed by atoms with Crippen molar-refractivity contribution in [3.05, 3.63) is 143 Å². The fourth-order valence-corrected chi connectivity index (χ4v) is 4.59. The summed E-state index contributed by atoms with van der Waals surface area (Å²) in [7, 11) is 0. The zero-order valence-electron chi connectivity index (χ0n) is 19.2. The van der Waals surface area contributed by atoms with E-state index in [1.54, 1.807) is 41.6 Å². The van der Waals surface area contributed by atoms with E-state index in [9.17, 15) is 14.7 Å². The zero-order valence-corrected chi connectivity index (χ0v) is 19.2. The summed E-state index contributed by atoms with van der Waals surface area (Å²) in [6.45, 7) is 0.175. The van der Waals surface area contributed by atoms with Crippen LogP contribution in [0, 0.1) is 0 Å². The quantitative estimate of drug-likeness (QED) is 0.357. The molecule has 4 nitrogen and oxygen atoms in total. The molecule has 0 bridgehead atoms. The van der Waals surface area contributed by atoms with Crippen molar-refractivity contribution in [1.82, 2.24) is 4.90 Å². The van der Waals surface area contributed by atoms with Crippen LogP contribution in [0.5, 0.6) is 0 Å². The van der Waals surface area contributed by atoms with Crippen molar-refractivity contribution < 1.29 is 14.7 Å². The van der Waals surface area contributed by atoms with Crippen LogP contribution in [-0.2, 0) is 0 Å². The molecule has 1 heterocycles. The second-order valence-electron chi connectivity index (χ2n) is 8.56. The van der Waals surface area contributed by atoms with E-state index >= 15 is 0 Å². The number of Topliss-reactive ketones (excluding diaryl/α,β-unsaturated/α-hetero) is 2. The molecule has 1 aliphatic rings. The lowest BCUT2D eigenvalue weighted by atomic mass is 9.77. The second-order valence-corrected chi connectivity index (χ2v) is 8.56. The van der Waals surface area contributed by atoms with Crippen LogP contribution in [0.3, 0.4) is 0 Å². The van der Waals surface area contributed by atoms with Gasteiger partial charge in [-0.05, 0) is 16.3 Å². The Morgan fingerprint density at radius 3 is 1.71 bits per heavy atom. The van der Waals surface area contributed by atoms with Gasteiger partial charge >= 0.3 is 0 Å². The highest BCUT2D eigenvalue weighted by Crippen LogP contribution is 2.40. The van der Waals surface area contributed by atoms with Crippen LogP contribution in [0.1, 0.15) is 32.2 Å². The van der Waals surface area contributed by atoms with Gasteiger partial charge in [0.1, 0.15) is 0 Å². The first kappa shape index (κ1) is 22.5. The topological polar surface area (TPSA) is 57.6 Å². The first-order chi connectivity index (χ1) is 17.2. The Kier molecular flexibility index (Phi) is 6.38. The summed E-state index contributed by atoms with van der Waals surface area (Å²) in [5.41, 5.74) is 2.99. The van der Waals surface area contributed by atoms with Gasteiger partial charge in [0.05, 0.1) is 6.61 Å². The van der Waals surface area contributed by atoms with Crippen LogP contribution in [0.4, 0.5) is 0 Å². The lowest BCUT2D eigenvalue weighted by molar-refractivity contribution is 0.101. The van der Waals surface area contributed by atoms with Gasteiger partial charge in [0.2, 0.25) is 0 Å². The summed E-state index contributed by atoms with van der Waals surface area (Å²) < 4.78 is 0. The molecule has 0 aromatic heterocycles. The molecule has 5 rings (SSSR count). The van der Waals surface area contributed by atoms with Crippen molar-refractivity contribution in [3.63, 3.8) is 0 Å². The maximum absolute atomic E-state index is 13.8. The van der Waals surface area contributed by atoms with E-state index in [2.05, 4.69) is 6.07 Å². The van der Waals surface area contributed by atoms with Crippen molar-refractivity contribution in [2.75, 3.05) is 13.2 Å². The number of rotatable bonds is 7. The SMILES string of the molecule is O=C(C1=CN(CCO)C=C(C(=O)c2ccccc2)C1c1ccc2ccccc2c1)c1ccccc1. The lowest BCUT2D eigenvalue weighted by Gasteiger charge is -2.31. The van der Waals surface area contributed by atoms with Gasteiger partial charge in [-0.1, -0.05) is 103 Å². The van der Waals surface area contributed by atoms with Crippen molar-refractivity contribution >= 4 is 22.3 Å². The van der Waals surface area contributed by atoms with Gasteiger partial charge in [-0.25, -0.2) is 0 Å². The van der Waals surface area contributed by atoms with E-state index in [1.165, 1.54) is 0 Å². The Morgan fingerprint density at radius 2 is 1.17 bits per heavy atom. The number of nitrogens with zero attached hydrogens (tertiary/aromatic N) is 1. The number of aliphatic hydroxyl groups excluding tert-OH is 1. The van der Waals surface area contributed by atoms with E-state index < -0.39 is 5.92 Å². The first-order valence-electron chi connectivity index (χ1n) is 11.6. The summed E-state index contributed by atoms with van der Waals surface area (Å²) in [6, 6.07) is 32.3. The van der Waals surface area contributed by atoms with Crippen molar-refractivity contribution in [2.45, 2.75) is 5.92 Å². The molecule has 0 fully saturated rings. The molecule has 4 heteroatoms. The monoisotopic (exact) mass is 459 g/mol. The minimum Gasteiger partial charge on any atom is -0.395 e. The number of β-amino-alcohol motifs (C(OH)–C–C–N with tert-alkyl or cyclic N) is 1. The molecule has 0 saturated carbocycles. The Labute approximate surface area is 204 Å². The highest BCUT2D eigenvalue weighted by molar-refractivity contribution is 6.15. The molecule has 4 aromatic carbocycles. The van der Waals surface area contributed by atoms with Gasteiger partial charge in [-0.15, -0.1) is 0 Å². The summed E-state index contributed by atoms with van der Waals surface area (Å²) >= 11 is 0. The van der Waals surface area contributed by atoms with Crippen LogP contribution in [0.25, 0.3) is 10.8 Å². The molecule has 0 unspecified atom stereocenters. The molecule has 4 aromatic rings. The number of carbonyl (C=O) groups excluding carboxylic acids is 2. The lowest BCUT2D eigenvalue weighted by Crippen LogP contribution is -2.29. The number of ketones is 2. The number of allylic oxidation sites excluding steroid dienone is 2. The van der Waals surface area contributed by atoms with Gasteiger partial charge in [-0.2, -0.15) is 0 Å². The predicted molar refractivity (Wildman–Crippen MR) is 138 cm³/mol. The van der Waals surface area contributed by atoms with E-state index in [4.69, 9.17) is 0 Å². The molecule has 0 amide bonds. The average Bonchev–Trinajstić information content (AvgIpc) is 2.92. The zero-order chi connectivity index (χ0) is 24.2. The maximum Gasteiger partial charge on any atom is 0.191 e. The van der Waals surface area contributed by atoms with Crippen LogP contribution in [0.15, 0.2) is 127 Å². The highest BCUT2D eigenvalue weighted by atomic mass is 16.3. The summed E-state index contributed by atoms with van der Waals surface area (Å²) in [5.74, 6) is -0.828. The standard InChI is InChI=1S/C31H25NO3/c33-18-17-32-20-27(30(34)23-10-3-1-4-11-23)29(26-16-15-22-9-7-8-14-25(22)19-26)28(21-32)31(35)24-12-5-2-6-13-24/h1-16,19-21,29,33H,17-18H2. The average molecular weight is 460 g/mol. The molecule has 0 saturated heterocycles. The minimum absolute atomic E-state index is 0.104. The Bertz CT molecular complexity index is 1370. The molecule has 0 atom stereocenters. The minimum atomic E-state index is -0.546. The molecule has 35 heavy (non-hydrogen) atoms. The van der Waals surface area contributed by atoms with Crippen molar-refractivity contribution in [3.8, 4) is 0 Å². The molecule has 0 aliphatic carbocycles. The van der Waals surface area contributed by atoms with Gasteiger partial charge < -0.3 is 10.0 Å². The van der Waals surface area contributed by atoms with Crippen LogP contribution >= 0.6 is 0 Å². The third-order valence-electron chi connectivity index (χ3n) is 6.29. The normalized spacial score (nSPS) is 13.9. The van der Waals surface area contributed by atoms with Gasteiger partial charge in [-0.3, -0.25) is 9.59 Å². The first-order valence-corrected chi connectivity index (χ1v) is 11.6. The van der Waals surface area contributed by atoms with Crippen LogP contribution in [0.2, 0.25) is 0 Å². The molecular weight excluding hydrogens is 434 g/mol. The van der Waals surface area contributed by atoms with Gasteiger partial charge in [0.25, 0.3) is 0 Å². The van der Waals surface area contributed by atoms with Crippen LogP contribution in [-0.4, -0.2) is 34.7 Å². The van der Waals surface area contributed by atoms with E-state index in [1.807, 2.05) is 72.8 Å². The van der Waals surface area contributed by atoms with Crippen molar-refractivity contribution in [2.24, 2.45) is 0 Å². The second kappa shape index (κ2) is 9.92. The number of hydrogen-bond acceptors (Lipinski definition) is 4. The number of fused-ring (bicyclic) bond motifs is 1. The fraction of sp³-hybridized carbons (Fsp3) is 0.0968. The van der Waals surface area contributed by atoms with E-state index in [0.29, 0.717) is 22.3 Å². The third-order valence-corrected chi connectivity index (χ3v) is 6.29. The Morgan fingerprint density at radius 1 is 0.657 bits per heavy atom. The molecule has 0 spiro atoms. The molecule has 0 radical (unpaired) electrons. The van der Waals surface area contributed by atoms with E-state index in [-0.39, 0.29) is 24.7 Å². The van der Waals surface area contributed by atoms with Gasteiger partial charge in [0, 0.05) is 47.1 Å². The number of carbonyl (C=O) groups is 2. The molecule has 172 valence electrons. The number of aliphatic hydroxyl groups is 1. The van der Waals surface area contributed by atoms with Crippen LogP contribution < -0.4 is 0 Å². The number of hydrogen-bond donors (Lipinski definition) is 1. The number of benzene rings is 4. The van der Waals surface area contributed by atoms with Gasteiger partial charge in [0.15, 0.2) is 11.6 Å². The smallest absolute Gasteiger partial charge is 0.191 e. The van der Waals surface area contributed by atoms with E-state index in [0.717, 1.165) is 16.3 Å². The summed E-state index contributed by atoms with van der Waals surface area (Å²) in [6.07, 6.45) is 3.54. The Hall–Kier alpha value is -4.28. The molecular formula is C31H25NO3. The maximum atomic E-state index is 13.8. The summed E-state index contributed by atoms with van der Waals surface area (Å²) in [4.78, 5) is 29.4. The largest absolute Gasteiger partial charge is 0.395 e. The summed E-state index contributed by atoms with van der Waals surface area (Å²) in [5, 5.41) is 11.8. The Balaban J connectivity index is 1.69. The third kappa shape index (κ3) is 4.57. The molecule has 1 aliphatic heterocycles. The predicted octanol–water partition coefficient (Wildman–Crippen LogP) is 5.76.